The molecule has 0 radical (unpaired) electrons. The molecule has 0 aromatic carbocycles. The third kappa shape index (κ3) is 5.35. The number of carbonyl (C=O) groups excluding carboxylic acids is 2. The van der Waals surface area contributed by atoms with E-state index >= 15 is 0 Å². The summed E-state index contributed by atoms with van der Waals surface area (Å²) in [5.74, 6) is -1.08. The van der Waals surface area contributed by atoms with E-state index in [1.165, 1.54) is 0 Å². The lowest BCUT2D eigenvalue weighted by atomic mass is 9.79. The van der Waals surface area contributed by atoms with Gasteiger partial charge in [-0.25, -0.2) is 0 Å². The molecule has 1 aliphatic carbocycles. The van der Waals surface area contributed by atoms with Crippen LogP contribution in [0.1, 0.15) is 26.7 Å². The number of piperazine rings is 1. The number of ether oxygens (including phenoxy) is 3. The molecular formula is C22H35N3O6. The van der Waals surface area contributed by atoms with Gasteiger partial charge in [0.05, 0.1) is 24.9 Å². The van der Waals surface area contributed by atoms with E-state index in [1.807, 2.05) is 13.8 Å². The average Bonchev–Trinajstić information content (AvgIpc) is 3.23. The molecule has 3 heterocycles. The van der Waals surface area contributed by atoms with Gasteiger partial charge in [-0.05, 0) is 13.8 Å². The largest absolute Gasteiger partial charge is 0.395 e. The first-order valence-electron chi connectivity index (χ1n) is 11.4. The fourth-order valence-corrected chi connectivity index (χ4v) is 5.07. The lowest BCUT2D eigenvalue weighted by Crippen LogP contribution is -2.48. The summed E-state index contributed by atoms with van der Waals surface area (Å²) in [4.78, 5) is 30.0. The van der Waals surface area contributed by atoms with E-state index in [2.05, 4.69) is 15.1 Å². The Morgan fingerprint density at radius 2 is 1.68 bits per heavy atom. The molecule has 0 amide bonds. The van der Waals surface area contributed by atoms with Gasteiger partial charge in [-0.15, -0.1) is 0 Å². The minimum absolute atomic E-state index is 0.128. The molecule has 4 aliphatic rings. The van der Waals surface area contributed by atoms with Gasteiger partial charge in [-0.3, -0.25) is 19.4 Å². The lowest BCUT2D eigenvalue weighted by molar-refractivity contribution is -0.180. The fraction of sp³-hybridized carbons (Fsp3) is 0.818. The predicted octanol–water partition coefficient (Wildman–Crippen LogP) is -0.463. The predicted molar refractivity (Wildman–Crippen MR) is 112 cm³/mol. The number of nitrogens with one attached hydrogen (secondary N) is 1. The number of rotatable bonds is 7. The maximum atomic E-state index is 12.7. The van der Waals surface area contributed by atoms with Crippen LogP contribution in [0.5, 0.6) is 0 Å². The zero-order valence-electron chi connectivity index (χ0n) is 18.5. The van der Waals surface area contributed by atoms with Crippen molar-refractivity contribution in [1.82, 2.24) is 15.1 Å². The van der Waals surface area contributed by atoms with Gasteiger partial charge in [-0.2, -0.15) is 0 Å². The van der Waals surface area contributed by atoms with Crippen LogP contribution in [0, 0.1) is 5.92 Å². The van der Waals surface area contributed by atoms with E-state index in [0.29, 0.717) is 26.0 Å². The van der Waals surface area contributed by atoms with Crippen molar-refractivity contribution in [3.8, 4) is 0 Å². The molecule has 4 rings (SSSR count). The highest BCUT2D eigenvalue weighted by atomic mass is 16.8. The Morgan fingerprint density at radius 3 is 2.32 bits per heavy atom. The summed E-state index contributed by atoms with van der Waals surface area (Å²) in [5, 5.41) is 12.2. The standard InChI is InChI=1S/C22H35N3O6/c1-22(2)30-19-14-29-20(21(19)31-22)15-11-17(27)16(18(28)12-15)13-23-3-4-24-5-7-25(8-6-24)9-10-26/h13,15,19-21,23,26H,3-12,14H2,1-2H3/t15?,19-,20+,21-/m0/s1. The normalized spacial score (nSPS) is 34.2. The number of hydrogen-bond acceptors (Lipinski definition) is 9. The number of nitrogens with zero attached hydrogens (tertiary/aromatic N) is 2. The van der Waals surface area contributed by atoms with E-state index < -0.39 is 5.79 Å². The summed E-state index contributed by atoms with van der Waals surface area (Å²) in [5.41, 5.74) is 0.266. The first-order valence-corrected chi connectivity index (χ1v) is 11.4. The molecule has 3 saturated heterocycles. The second-order valence-electron chi connectivity index (χ2n) is 9.37. The summed E-state index contributed by atoms with van der Waals surface area (Å²) >= 11 is 0. The van der Waals surface area contributed by atoms with Gasteiger partial charge in [-0.1, -0.05) is 0 Å². The van der Waals surface area contributed by atoms with Gasteiger partial charge in [0.1, 0.15) is 12.2 Å². The number of allylic oxidation sites excluding steroid dienone is 1. The van der Waals surface area contributed by atoms with Crippen LogP contribution >= 0.6 is 0 Å². The molecule has 9 nitrogen and oxygen atoms in total. The van der Waals surface area contributed by atoms with Crippen molar-refractivity contribution >= 4 is 11.6 Å². The number of carbonyl (C=O) groups is 2. The molecule has 4 fully saturated rings. The van der Waals surface area contributed by atoms with Gasteiger partial charge in [0.25, 0.3) is 0 Å². The Kier molecular flexibility index (Phi) is 7.10. The molecule has 0 aromatic rings. The van der Waals surface area contributed by atoms with E-state index in [0.717, 1.165) is 39.3 Å². The van der Waals surface area contributed by atoms with Crippen LogP contribution in [0.2, 0.25) is 0 Å². The third-order valence-electron chi connectivity index (χ3n) is 6.66. The number of ketones is 2. The number of β-amino-alcohol motifs (C(OH)–C–C–N with tert-alkyl or cyclic N) is 1. The Bertz CT molecular complexity index is 683. The van der Waals surface area contributed by atoms with E-state index in [4.69, 9.17) is 19.3 Å². The smallest absolute Gasteiger partial charge is 0.168 e. The van der Waals surface area contributed by atoms with Crippen molar-refractivity contribution in [2.45, 2.75) is 50.8 Å². The van der Waals surface area contributed by atoms with Gasteiger partial charge in [0.2, 0.25) is 0 Å². The van der Waals surface area contributed by atoms with Crippen molar-refractivity contribution in [3.63, 3.8) is 0 Å². The van der Waals surface area contributed by atoms with Crippen LogP contribution < -0.4 is 5.32 Å². The number of hydrogen-bond donors (Lipinski definition) is 2. The zero-order valence-corrected chi connectivity index (χ0v) is 18.5. The summed E-state index contributed by atoms with van der Waals surface area (Å²) < 4.78 is 17.7. The van der Waals surface area contributed by atoms with E-state index in [1.54, 1.807) is 6.20 Å². The molecular weight excluding hydrogens is 402 g/mol. The van der Waals surface area contributed by atoms with Gasteiger partial charge in [0, 0.05) is 70.8 Å². The molecule has 31 heavy (non-hydrogen) atoms. The molecule has 3 aliphatic heterocycles. The maximum absolute atomic E-state index is 12.7. The molecule has 9 heteroatoms. The van der Waals surface area contributed by atoms with E-state index in [-0.39, 0.29) is 48.0 Å². The van der Waals surface area contributed by atoms with Crippen LogP contribution in [-0.4, -0.2) is 110 Å². The molecule has 1 saturated carbocycles. The van der Waals surface area contributed by atoms with Gasteiger partial charge < -0.3 is 24.6 Å². The quantitative estimate of drug-likeness (QED) is 0.311. The number of aliphatic hydroxyl groups is 1. The number of Topliss-reactive ketones (excluding diaryl/α,β-unsaturated/α-hetero) is 2. The SMILES string of the molecule is CC1(C)O[C@H]2[C@H](CO[C@@H]2C2CC(=O)C(=CNCCN3CCN(CCO)CC3)C(=O)C2)O1. The summed E-state index contributed by atoms with van der Waals surface area (Å²) in [6, 6.07) is 0. The zero-order chi connectivity index (χ0) is 22.0. The molecule has 0 aromatic heterocycles. The molecule has 0 bridgehead atoms. The summed E-state index contributed by atoms with van der Waals surface area (Å²) in [7, 11) is 0. The van der Waals surface area contributed by atoms with Gasteiger partial charge >= 0.3 is 0 Å². The van der Waals surface area contributed by atoms with Gasteiger partial charge in [0.15, 0.2) is 17.4 Å². The van der Waals surface area contributed by atoms with Crippen LogP contribution in [0.3, 0.4) is 0 Å². The Balaban J connectivity index is 1.23. The summed E-state index contributed by atoms with van der Waals surface area (Å²) in [6.45, 7) is 10.5. The first-order chi connectivity index (χ1) is 14.9. The Labute approximate surface area is 183 Å². The minimum atomic E-state index is -0.652. The Hall–Kier alpha value is -1.36. The third-order valence-corrected chi connectivity index (χ3v) is 6.66. The molecule has 0 unspecified atom stereocenters. The fourth-order valence-electron chi connectivity index (χ4n) is 5.07. The van der Waals surface area contributed by atoms with Crippen molar-refractivity contribution in [2.24, 2.45) is 5.92 Å². The van der Waals surface area contributed by atoms with Crippen LogP contribution in [0.4, 0.5) is 0 Å². The lowest BCUT2D eigenvalue weighted by Gasteiger charge is -2.34. The molecule has 0 spiro atoms. The Morgan fingerprint density at radius 1 is 1.03 bits per heavy atom. The van der Waals surface area contributed by atoms with Crippen molar-refractivity contribution < 1.29 is 28.9 Å². The topological polar surface area (TPSA) is 101 Å². The van der Waals surface area contributed by atoms with Crippen LogP contribution in [0.15, 0.2) is 11.8 Å². The molecule has 2 N–H and O–H groups in total. The van der Waals surface area contributed by atoms with Crippen molar-refractivity contribution in [1.29, 1.82) is 0 Å². The minimum Gasteiger partial charge on any atom is -0.395 e. The highest BCUT2D eigenvalue weighted by Gasteiger charge is 2.53. The number of aliphatic hydroxyl groups excluding tert-OH is 1. The monoisotopic (exact) mass is 437 g/mol. The number of fused-ring (bicyclic) bond motifs is 1. The van der Waals surface area contributed by atoms with Crippen molar-refractivity contribution in [3.05, 3.63) is 11.8 Å². The molecule has 174 valence electrons. The van der Waals surface area contributed by atoms with Crippen LogP contribution in [-0.2, 0) is 23.8 Å². The second-order valence-corrected chi connectivity index (χ2v) is 9.37. The van der Waals surface area contributed by atoms with Crippen LogP contribution in [0.25, 0.3) is 0 Å². The molecule has 3 atom stereocenters. The second kappa shape index (κ2) is 9.64. The first kappa shape index (κ1) is 22.8. The highest BCUT2D eigenvalue weighted by Crippen LogP contribution is 2.40. The average molecular weight is 438 g/mol. The highest BCUT2D eigenvalue weighted by molar-refractivity contribution is 6.21. The maximum Gasteiger partial charge on any atom is 0.168 e. The summed E-state index contributed by atoms with van der Waals surface area (Å²) in [6.07, 6.45) is 1.56. The van der Waals surface area contributed by atoms with E-state index in [9.17, 15) is 9.59 Å². The van der Waals surface area contributed by atoms with Crippen molar-refractivity contribution in [2.75, 3.05) is 59.0 Å².